The summed E-state index contributed by atoms with van der Waals surface area (Å²) in [6.07, 6.45) is 0. The van der Waals surface area contributed by atoms with Gasteiger partial charge >= 0.3 is 5.97 Å². The Labute approximate surface area is 125 Å². The van der Waals surface area contributed by atoms with Crippen LogP contribution in [0.1, 0.15) is 34.0 Å². The smallest absolute Gasteiger partial charge is 0.338 e. The number of benzene rings is 2. The summed E-state index contributed by atoms with van der Waals surface area (Å²) in [7, 11) is 0. The molecule has 0 aromatic heterocycles. The first-order valence-corrected chi connectivity index (χ1v) is 7.07. The van der Waals surface area contributed by atoms with Crippen molar-refractivity contribution in [3.63, 3.8) is 0 Å². The number of carbonyl (C=O) groups excluding carboxylic acids is 1. The molecule has 0 atom stereocenters. The molecule has 2 aromatic carbocycles. The van der Waals surface area contributed by atoms with Gasteiger partial charge in [0.1, 0.15) is 12.4 Å². The van der Waals surface area contributed by atoms with Crippen molar-refractivity contribution >= 4 is 5.97 Å². The summed E-state index contributed by atoms with van der Waals surface area (Å²) in [6, 6.07) is 13.4. The third-order valence-electron chi connectivity index (χ3n) is 3.26. The van der Waals surface area contributed by atoms with Crippen molar-refractivity contribution in [2.45, 2.75) is 27.4 Å². The molecule has 0 amide bonds. The molecule has 3 nitrogen and oxygen atoms in total. The van der Waals surface area contributed by atoms with Gasteiger partial charge in [-0.2, -0.15) is 0 Å². The SMILES string of the molecule is CCOC(=O)c1ccc(COc2c(C)cccc2C)cc1. The zero-order valence-electron chi connectivity index (χ0n) is 12.7. The highest BCUT2D eigenvalue weighted by Gasteiger charge is 2.07. The molecular formula is C18H20O3. The van der Waals surface area contributed by atoms with Crippen LogP contribution in [-0.2, 0) is 11.3 Å². The quantitative estimate of drug-likeness (QED) is 0.777. The fourth-order valence-electron chi connectivity index (χ4n) is 2.13. The van der Waals surface area contributed by atoms with Crippen molar-refractivity contribution in [2.75, 3.05) is 6.61 Å². The second-order valence-corrected chi connectivity index (χ2v) is 4.93. The minimum Gasteiger partial charge on any atom is -0.488 e. The van der Waals surface area contributed by atoms with Crippen LogP contribution < -0.4 is 4.74 Å². The molecule has 0 unspecified atom stereocenters. The van der Waals surface area contributed by atoms with Gasteiger partial charge in [0.05, 0.1) is 12.2 Å². The number of aryl methyl sites for hydroxylation is 2. The van der Waals surface area contributed by atoms with Crippen LogP contribution in [-0.4, -0.2) is 12.6 Å². The monoisotopic (exact) mass is 284 g/mol. The number of rotatable bonds is 5. The lowest BCUT2D eigenvalue weighted by Gasteiger charge is -2.12. The maximum atomic E-state index is 11.6. The van der Waals surface area contributed by atoms with Gasteiger partial charge in [-0.3, -0.25) is 0 Å². The van der Waals surface area contributed by atoms with Crippen LogP contribution in [0.25, 0.3) is 0 Å². The van der Waals surface area contributed by atoms with Crippen LogP contribution in [0.3, 0.4) is 0 Å². The first-order chi connectivity index (χ1) is 10.1. The predicted octanol–water partition coefficient (Wildman–Crippen LogP) is 4.06. The molecule has 0 radical (unpaired) electrons. The topological polar surface area (TPSA) is 35.5 Å². The fraction of sp³-hybridized carbons (Fsp3) is 0.278. The summed E-state index contributed by atoms with van der Waals surface area (Å²) in [4.78, 5) is 11.6. The Morgan fingerprint density at radius 1 is 1.00 bits per heavy atom. The van der Waals surface area contributed by atoms with Crippen LogP contribution in [0.15, 0.2) is 42.5 Å². The summed E-state index contributed by atoms with van der Waals surface area (Å²) in [5.41, 5.74) is 3.83. The third kappa shape index (κ3) is 3.85. The van der Waals surface area contributed by atoms with Gasteiger partial charge in [-0.25, -0.2) is 4.79 Å². The summed E-state index contributed by atoms with van der Waals surface area (Å²) >= 11 is 0. The van der Waals surface area contributed by atoms with E-state index in [4.69, 9.17) is 9.47 Å². The van der Waals surface area contributed by atoms with Crippen molar-refractivity contribution in [3.8, 4) is 5.75 Å². The number of ether oxygens (including phenoxy) is 2. The van der Waals surface area contributed by atoms with Crippen LogP contribution in [0.2, 0.25) is 0 Å². The molecule has 0 aliphatic rings. The van der Waals surface area contributed by atoms with E-state index in [9.17, 15) is 4.79 Å². The summed E-state index contributed by atoms with van der Waals surface area (Å²) in [5.74, 6) is 0.631. The number of para-hydroxylation sites is 1. The largest absolute Gasteiger partial charge is 0.488 e. The standard InChI is InChI=1S/C18H20O3/c1-4-20-18(19)16-10-8-15(9-11-16)12-21-17-13(2)6-5-7-14(17)3/h5-11H,4,12H2,1-3H3. The summed E-state index contributed by atoms with van der Waals surface area (Å²) in [5, 5.41) is 0. The van der Waals surface area contributed by atoms with Crippen molar-refractivity contribution in [1.82, 2.24) is 0 Å². The lowest BCUT2D eigenvalue weighted by atomic mass is 10.1. The predicted molar refractivity (Wildman–Crippen MR) is 82.6 cm³/mol. The molecule has 0 aliphatic heterocycles. The minimum absolute atomic E-state index is 0.292. The van der Waals surface area contributed by atoms with Gasteiger partial charge in [0.25, 0.3) is 0 Å². The number of esters is 1. The maximum absolute atomic E-state index is 11.6. The van der Waals surface area contributed by atoms with E-state index in [-0.39, 0.29) is 5.97 Å². The molecule has 2 aromatic rings. The molecule has 0 aliphatic carbocycles. The molecule has 0 N–H and O–H groups in total. The molecular weight excluding hydrogens is 264 g/mol. The number of hydrogen-bond acceptors (Lipinski definition) is 3. The Morgan fingerprint density at radius 2 is 1.62 bits per heavy atom. The lowest BCUT2D eigenvalue weighted by Crippen LogP contribution is -2.05. The van der Waals surface area contributed by atoms with Crippen LogP contribution >= 0.6 is 0 Å². The van der Waals surface area contributed by atoms with Crippen molar-refractivity contribution in [2.24, 2.45) is 0 Å². The molecule has 2 rings (SSSR count). The van der Waals surface area contributed by atoms with E-state index in [0.717, 1.165) is 22.4 Å². The first-order valence-electron chi connectivity index (χ1n) is 7.07. The number of hydrogen-bond donors (Lipinski definition) is 0. The average molecular weight is 284 g/mol. The van der Waals surface area contributed by atoms with Crippen molar-refractivity contribution in [1.29, 1.82) is 0 Å². The van der Waals surface area contributed by atoms with E-state index in [1.807, 2.05) is 44.2 Å². The van der Waals surface area contributed by atoms with E-state index >= 15 is 0 Å². The number of carbonyl (C=O) groups is 1. The van der Waals surface area contributed by atoms with Gasteiger partial charge in [0, 0.05) is 0 Å². The van der Waals surface area contributed by atoms with Gasteiger partial charge in [0.2, 0.25) is 0 Å². The zero-order chi connectivity index (χ0) is 15.2. The van der Waals surface area contributed by atoms with E-state index in [1.54, 1.807) is 19.1 Å². The normalized spacial score (nSPS) is 10.2. The highest BCUT2D eigenvalue weighted by Crippen LogP contribution is 2.23. The minimum atomic E-state index is -0.292. The van der Waals surface area contributed by atoms with Crippen LogP contribution in [0.5, 0.6) is 5.75 Å². The van der Waals surface area contributed by atoms with Crippen molar-refractivity contribution in [3.05, 3.63) is 64.7 Å². The molecule has 0 spiro atoms. The average Bonchev–Trinajstić information content (AvgIpc) is 2.47. The Morgan fingerprint density at radius 3 is 2.19 bits per heavy atom. The highest BCUT2D eigenvalue weighted by atomic mass is 16.5. The molecule has 110 valence electrons. The van der Waals surface area contributed by atoms with E-state index < -0.39 is 0 Å². The zero-order valence-corrected chi connectivity index (χ0v) is 12.7. The first kappa shape index (κ1) is 15.1. The second kappa shape index (κ2) is 6.93. The Bertz CT molecular complexity index is 595. The molecule has 0 saturated carbocycles. The van der Waals surface area contributed by atoms with Gasteiger partial charge in [-0.15, -0.1) is 0 Å². The van der Waals surface area contributed by atoms with E-state index in [2.05, 4.69) is 0 Å². The molecule has 0 bridgehead atoms. The van der Waals surface area contributed by atoms with Gasteiger partial charge < -0.3 is 9.47 Å². The van der Waals surface area contributed by atoms with E-state index in [0.29, 0.717) is 18.8 Å². The van der Waals surface area contributed by atoms with Crippen LogP contribution in [0, 0.1) is 13.8 Å². The molecule has 0 heterocycles. The Kier molecular flexibility index (Phi) is 4.99. The maximum Gasteiger partial charge on any atom is 0.338 e. The summed E-state index contributed by atoms with van der Waals surface area (Å²) in [6.45, 7) is 6.73. The highest BCUT2D eigenvalue weighted by molar-refractivity contribution is 5.89. The second-order valence-electron chi connectivity index (χ2n) is 4.93. The molecule has 3 heteroatoms. The Balaban J connectivity index is 2.03. The molecule has 0 saturated heterocycles. The lowest BCUT2D eigenvalue weighted by molar-refractivity contribution is 0.0526. The third-order valence-corrected chi connectivity index (χ3v) is 3.26. The molecule has 21 heavy (non-hydrogen) atoms. The van der Waals surface area contributed by atoms with Crippen LogP contribution in [0.4, 0.5) is 0 Å². The van der Waals surface area contributed by atoms with Gasteiger partial charge in [-0.1, -0.05) is 30.3 Å². The van der Waals surface area contributed by atoms with Gasteiger partial charge in [-0.05, 0) is 49.6 Å². The fourth-order valence-corrected chi connectivity index (χ4v) is 2.13. The van der Waals surface area contributed by atoms with Gasteiger partial charge in [0.15, 0.2) is 0 Å². The Hall–Kier alpha value is -2.29. The van der Waals surface area contributed by atoms with E-state index in [1.165, 1.54) is 0 Å². The summed E-state index contributed by atoms with van der Waals surface area (Å²) < 4.78 is 10.8. The molecule has 0 fully saturated rings. The van der Waals surface area contributed by atoms with Crippen molar-refractivity contribution < 1.29 is 14.3 Å².